The predicted molar refractivity (Wildman–Crippen MR) is 76.8 cm³/mol. The van der Waals surface area contributed by atoms with Gasteiger partial charge in [-0.2, -0.15) is 5.10 Å². The molecule has 2 aromatic heterocycles. The molecule has 0 spiro atoms. The highest BCUT2D eigenvalue weighted by Gasteiger charge is 2.11. The minimum Gasteiger partial charge on any atom is -0.355 e. The summed E-state index contributed by atoms with van der Waals surface area (Å²) in [4.78, 5) is 15.9. The molecule has 0 radical (unpaired) electrons. The molecule has 2 heterocycles. The molecule has 0 saturated heterocycles. The van der Waals surface area contributed by atoms with E-state index in [1.807, 2.05) is 24.3 Å². The van der Waals surface area contributed by atoms with Crippen LogP contribution in [0.25, 0.3) is 16.8 Å². The van der Waals surface area contributed by atoms with E-state index in [1.54, 1.807) is 24.0 Å². The lowest BCUT2D eigenvalue weighted by Crippen LogP contribution is -2.18. The highest BCUT2D eigenvalue weighted by atomic mass is 35.5. The van der Waals surface area contributed by atoms with Crippen molar-refractivity contribution in [3.05, 3.63) is 53.4 Å². The number of halogens is 1. The van der Waals surface area contributed by atoms with Crippen LogP contribution in [0.3, 0.4) is 0 Å². The molecule has 1 amide bonds. The third kappa shape index (κ3) is 2.12. The highest BCUT2D eigenvalue weighted by Crippen LogP contribution is 2.25. The number of fused-ring (bicyclic) bond motifs is 1. The molecule has 1 N–H and O–H groups in total. The lowest BCUT2D eigenvalue weighted by molar-refractivity contribution is 0.0962. The van der Waals surface area contributed by atoms with Crippen LogP contribution in [0.15, 0.2) is 42.9 Å². The first-order valence-electron chi connectivity index (χ1n) is 6.00. The predicted octanol–water partition coefficient (Wildman–Crippen LogP) is 2.41. The summed E-state index contributed by atoms with van der Waals surface area (Å²) in [6, 6.07) is 7.48. The molecule has 1 aromatic carbocycles. The Labute approximate surface area is 120 Å². The van der Waals surface area contributed by atoms with E-state index >= 15 is 0 Å². The van der Waals surface area contributed by atoms with Crippen LogP contribution < -0.4 is 5.32 Å². The number of nitrogens with zero attached hydrogens (tertiary/aromatic N) is 3. The van der Waals surface area contributed by atoms with Crippen molar-refractivity contribution in [1.82, 2.24) is 19.9 Å². The fourth-order valence-corrected chi connectivity index (χ4v) is 2.19. The van der Waals surface area contributed by atoms with Crippen LogP contribution in [0.2, 0.25) is 5.02 Å². The molecule has 0 bridgehead atoms. The summed E-state index contributed by atoms with van der Waals surface area (Å²) in [6.07, 6.45) is 4.89. The maximum Gasteiger partial charge on any atom is 0.254 e. The first-order chi connectivity index (χ1) is 9.69. The van der Waals surface area contributed by atoms with Crippen LogP contribution in [0.1, 0.15) is 10.4 Å². The van der Waals surface area contributed by atoms with E-state index in [4.69, 9.17) is 11.6 Å². The zero-order valence-electron chi connectivity index (χ0n) is 10.7. The van der Waals surface area contributed by atoms with Crippen molar-refractivity contribution in [3.8, 4) is 11.1 Å². The Balaban J connectivity index is 2.13. The summed E-state index contributed by atoms with van der Waals surface area (Å²) < 4.78 is 1.58. The lowest BCUT2D eigenvalue weighted by Gasteiger charge is -2.02. The minimum absolute atomic E-state index is 0.195. The van der Waals surface area contributed by atoms with Gasteiger partial charge in [-0.25, -0.2) is 9.50 Å². The SMILES string of the molecule is CNC(=O)c1cnc2c(-c3cccc(Cl)c3)cnn2c1. The molecular weight excluding hydrogens is 276 g/mol. The molecule has 0 unspecified atom stereocenters. The molecule has 0 atom stereocenters. The minimum atomic E-state index is -0.195. The van der Waals surface area contributed by atoms with Gasteiger partial charge >= 0.3 is 0 Å². The third-order valence-electron chi connectivity index (χ3n) is 2.98. The van der Waals surface area contributed by atoms with Gasteiger partial charge < -0.3 is 5.32 Å². The number of benzene rings is 1. The van der Waals surface area contributed by atoms with Gasteiger partial charge in [0.1, 0.15) is 0 Å². The number of amides is 1. The second-order valence-electron chi connectivity index (χ2n) is 4.26. The van der Waals surface area contributed by atoms with Gasteiger partial charge in [-0.3, -0.25) is 4.79 Å². The Hall–Kier alpha value is -2.40. The van der Waals surface area contributed by atoms with E-state index in [1.165, 1.54) is 6.20 Å². The van der Waals surface area contributed by atoms with Gasteiger partial charge in [-0.1, -0.05) is 23.7 Å². The second-order valence-corrected chi connectivity index (χ2v) is 4.69. The number of carbonyl (C=O) groups is 1. The van der Waals surface area contributed by atoms with Crippen LogP contribution in [-0.2, 0) is 0 Å². The van der Waals surface area contributed by atoms with E-state index < -0.39 is 0 Å². The molecule has 0 fully saturated rings. The van der Waals surface area contributed by atoms with Crippen LogP contribution >= 0.6 is 11.6 Å². The van der Waals surface area contributed by atoms with E-state index in [-0.39, 0.29) is 5.91 Å². The molecule has 100 valence electrons. The van der Waals surface area contributed by atoms with Gasteiger partial charge in [0.2, 0.25) is 0 Å². The summed E-state index contributed by atoms with van der Waals surface area (Å²) >= 11 is 6.00. The van der Waals surface area contributed by atoms with Crippen molar-refractivity contribution in [2.24, 2.45) is 0 Å². The van der Waals surface area contributed by atoms with Gasteiger partial charge in [-0.15, -0.1) is 0 Å². The zero-order chi connectivity index (χ0) is 14.1. The second kappa shape index (κ2) is 4.94. The summed E-state index contributed by atoms with van der Waals surface area (Å²) in [5, 5.41) is 7.44. The molecule has 3 aromatic rings. The van der Waals surface area contributed by atoms with Crippen LogP contribution in [0.4, 0.5) is 0 Å². The Kier molecular flexibility index (Phi) is 3.12. The average Bonchev–Trinajstić information content (AvgIpc) is 2.89. The van der Waals surface area contributed by atoms with E-state index in [0.29, 0.717) is 16.2 Å². The average molecular weight is 287 g/mol. The molecule has 0 saturated carbocycles. The van der Waals surface area contributed by atoms with Crippen molar-refractivity contribution in [1.29, 1.82) is 0 Å². The summed E-state index contributed by atoms with van der Waals surface area (Å²) in [5.74, 6) is -0.195. The molecule has 0 aliphatic heterocycles. The van der Waals surface area contributed by atoms with Crippen LogP contribution in [0.5, 0.6) is 0 Å². The van der Waals surface area contributed by atoms with Crippen molar-refractivity contribution in [3.63, 3.8) is 0 Å². The highest BCUT2D eigenvalue weighted by molar-refractivity contribution is 6.30. The molecule has 6 heteroatoms. The fraction of sp³-hybridized carbons (Fsp3) is 0.0714. The van der Waals surface area contributed by atoms with Gasteiger partial charge in [0, 0.05) is 30.0 Å². The topological polar surface area (TPSA) is 59.3 Å². The molecule has 20 heavy (non-hydrogen) atoms. The van der Waals surface area contributed by atoms with Gasteiger partial charge in [-0.05, 0) is 17.7 Å². The Morgan fingerprint density at radius 3 is 2.95 bits per heavy atom. The summed E-state index contributed by atoms with van der Waals surface area (Å²) in [6.45, 7) is 0. The molecule has 5 nitrogen and oxygen atoms in total. The maximum absolute atomic E-state index is 11.6. The Bertz CT molecular complexity index is 797. The van der Waals surface area contributed by atoms with E-state index in [2.05, 4.69) is 15.4 Å². The van der Waals surface area contributed by atoms with E-state index in [9.17, 15) is 4.79 Å². The van der Waals surface area contributed by atoms with Crippen LogP contribution in [-0.4, -0.2) is 27.6 Å². The van der Waals surface area contributed by atoms with Crippen molar-refractivity contribution < 1.29 is 4.79 Å². The fourth-order valence-electron chi connectivity index (χ4n) is 2.00. The first kappa shape index (κ1) is 12.6. The largest absolute Gasteiger partial charge is 0.355 e. The van der Waals surface area contributed by atoms with Crippen molar-refractivity contribution in [2.75, 3.05) is 7.05 Å². The number of nitrogens with one attached hydrogen (secondary N) is 1. The third-order valence-corrected chi connectivity index (χ3v) is 3.22. The molecular formula is C14H11ClN4O. The van der Waals surface area contributed by atoms with Crippen LogP contribution in [0, 0.1) is 0 Å². The normalized spacial score (nSPS) is 10.7. The number of aromatic nitrogens is 3. The quantitative estimate of drug-likeness (QED) is 0.787. The Morgan fingerprint density at radius 1 is 1.35 bits per heavy atom. The number of carbonyl (C=O) groups excluding carboxylic acids is 1. The van der Waals surface area contributed by atoms with Crippen molar-refractivity contribution >= 4 is 23.2 Å². The van der Waals surface area contributed by atoms with Gasteiger partial charge in [0.05, 0.1) is 11.8 Å². The number of hydrogen-bond donors (Lipinski definition) is 1. The maximum atomic E-state index is 11.6. The number of rotatable bonds is 2. The number of hydrogen-bond acceptors (Lipinski definition) is 3. The van der Waals surface area contributed by atoms with E-state index in [0.717, 1.165) is 11.1 Å². The standard InChI is InChI=1S/C14H11ClN4O/c1-16-14(20)10-6-17-13-12(7-18-19(13)8-10)9-3-2-4-11(15)5-9/h2-8H,1H3,(H,16,20). The molecule has 3 rings (SSSR count). The molecule has 0 aliphatic rings. The smallest absolute Gasteiger partial charge is 0.254 e. The molecule has 0 aliphatic carbocycles. The van der Waals surface area contributed by atoms with Gasteiger partial charge in [0.15, 0.2) is 5.65 Å². The zero-order valence-corrected chi connectivity index (χ0v) is 11.4. The lowest BCUT2D eigenvalue weighted by atomic mass is 10.1. The first-order valence-corrected chi connectivity index (χ1v) is 6.38. The van der Waals surface area contributed by atoms with Crippen molar-refractivity contribution in [2.45, 2.75) is 0 Å². The monoisotopic (exact) mass is 286 g/mol. The summed E-state index contributed by atoms with van der Waals surface area (Å²) in [7, 11) is 1.58. The van der Waals surface area contributed by atoms with Gasteiger partial charge in [0.25, 0.3) is 5.91 Å². The summed E-state index contributed by atoms with van der Waals surface area (Å²) in [5.41, 5.74) is 2.95. The Morgan fingerprint density at radius 2 is 2.20 bits per heavy atom.